The van der Waals surface area contributed by atoms with E-state index in [1.807, 2.05) is 0 Å². The lowest BCUT2D eigenvalue weighted by atomic mass is 10.1. The lowest BCUT2D eigenvalue weighted by molar-refractivity contribution is -0.137. The Kier molecular flexibility index (Phi) is 2.75. The summed E-state index contributed by atoms with van der Waals surface area (Å²) in [6, 6.07) is 5.82. The molecule has 0 unspecified atom stereocenters. The van der Waals surface area contributed by atoms with Gasteiger partial charge in [-0.15, -0.1) is 0 Å². The predicted molar refractivity (Wildman–Crippen MR) is 57.5 cm³/mol. The minimum absolute atomic E-state index is 0.233. The third-order valence-electron chi connectivity index (χ3n) is 2.35. The molecule has 0 fully saturated rings. The quantitative estimate of drug-likeness (QED) is 0.815. The van der Waals surface area contributed by atoms with E-state index in [0.29, 0.717) is 11.1 Å². The van der Waals surface area contributed by atoms with Gasteiger partial charge in [0.05, 0.1) is 5.56 Å². The van der Waals surface area contributed by atoms with Crippen molar-refractivity contribution in [3.8, 4) is 11.1 Å². The summed E-state index contributed by atoms with van der Waals surface area (Å²) in [5.41, 5.74) is -0.154. The van der Waals surface area contributed by atoms with E-state index in [9.17, 15) is 18.0 Å². The molecule has 0 saturated heterocycles. The standard InChI is InChI=1S/C12H8F3NO/c13-12(14,15)9-3-1-8(2-4-9)10-7-16-6-5-11(10)17/h1-7H,(H,16,17). The Bertz CT molecular complexity index is 569. The summed E-state index contributed by atoms with van der Waals surface area (Å²) >= 11 is 0. The highest BCUT2D eigenvalue weighted by atomic mass is 19.4. The number of pyridine rings is 1. The zero-order valence-corrected chi connectivity index (χ0v) is 8.58. The number of alkyl halides is 3. The van der Waals surface area contributed by atoms with Gasteiger partial charge in [-0.2, -0.15) is 13.2 Å². The summed E-state index contributed by atoms with van der Waals surface area (Å²) in [7, 11) is 0. The van der Waals surface area contributed by atoms with Crippen molar-refractivity contribution in [2.75, 3.05) is 0 Å². The second-order valence-electron chi connectivity index (χ2n) is 3.50. The van der Waals surface area contributed by atoms with Crippen LogP contribution in [0.25, 0.3) is 11.1 Å². The van der Waals surface area contributed by atoms with Crippen LogP contribution in [0.3, 0.4) is 0 Å². The summed E-state index contributed by atoms with van der Waals surface area (Å²) in [5, 5.41) is 0. The first-order chi connectivity index (χ1) is 7.98. The average molecular weight is 239 g/mol. The van der Waals surface area contributed by atoms with E-state index in [1.165, 1.54) is 30.6 Å². The maximum absolute atomic E-state index is 12.3. The molecule has 88 valence electrons. The largest absolute Gasteiger partial charge is 0.416 e. The second-order valence-corrected chi connectivity index (χ2v) is 3.50. The van der Waals surface area contributed by atoms with Gasteiger partial charge in [-0.25, -0.2) is 0 Å². The summed E-state index contributed by atoms with van der Waals surface area (Å²) in [6.45, 7) is 0. The van der Waals surface area contributed by atoms with Gasteiger partial charge in [-0.1, -0.05) is 12.1 Å². The first kappa shape index (κ1) is 11.4. The smallest absolute Gasteiger partial charge is 0.367 e. The monoisotopic (exact) mass is 239 g/mol. The number of nitrogens with one attached hydrogen (secondary N) is 1. The predicted octanol–water partition coefficient (Wildman–Crippen LogP) is 3.06. The molecule has 0 saturated carbocycles. The lowest BCUT2D eigenvalue weighted by Crippen LogP contribution is -2.05. The van der Waals surface area contributed by atoms with Crippen molar-refractivity contribution in [1.29, 1.82) is 0 Å². The highest BCUT2D eigenvalue weighted by molar-refractivity contribution is 5.62. The Balaban J connectivity index is 2.44. The molecule has 1 N–H and O–H groups in total. The molecule has 2 rings (SSSR count). The van der Waals surface area contributed by atoms with Crippen molar-refractivity contribution in [1.82, 2.24) is 4.98 Å². The highest BCUT2D eigenvalue weighted by Gasteiger charge is 2.29. The summed E-state index contributed by atoms with van der Waals surface area (Å²) in [4.78, 5) is 14.2. The molecular formula is C12H8F3NO. The highest BCUT2D eigenvalue weighted by Crippen LogP contribution is 2.30. The van der Waals surface area contributed by atoms with Crippen molar-refractivity contribution >= 4 is 0 Å². The van der Waals surface area contributed by atoms with Crippen LogP contribution < -0.4 is 5.43 Å². The molecule has 0 aliphatic carbocycles. The molecule has 5 heteroatoms. The fraction of sp³-hybridized carbons (Fsp3) is 0.0833. The molecule has 0 aliphatic rings. The molecule has 0 radical (unpaired) electrons. The van der Waals surface area contributed by atoms with Crippen LogP contribution in [0.2, 0.25) is 0 Å². The molecule has 0 bridgehead atoms. The summed E-state index contributed by atoms with van der Waals surface area (Å²) in [6.07, 6.45) is -1.43. The van der Waals surface area contributed by atoms with Crippen LogP contribution in [0.1, 0.15) is 5.56 Å². The van der Waals surface area contributed by atoms with E-state index >= 15 is 0 Å². The molecule has 1 heterocycles. The zero-order valence-electron chi connectivity index (χ0n) is 8.58. The number of aromatic nitrogens is 1. The Morgan fingerprint density at radius 3 is 2.18 bits per heavy atom. The number of hydrogen-bond donors (Lipinski definition) is 1. The number of benzene rings is 1. The van der Waals surface area contributed by atoms with Gasteiger partial charge in [0.1, 0.15) is 0 Å². The third kappa shape index (κ3) is 2.38. The Morgan fingerprint density at radius 1 is 1.00 bits per heavy atom. The van der Waals surface area contributed by atoms with Crippen LogP contribution >= 0.6 is 0 Å². The van der Waals surface area contributed by atoms with Gasteiger partial charge in [0, 0.05) is 24.0 Å². The molecule has 0 atom stereocenters. The Labute approximate surface area is 94.7 Å². The SMILES string of the molecule is O=c1cc[nH]cc1-c1ccc(C(F)(F)F)cc1. The number of rotatable bonds is 1. The molecule has 17 heavy (non-hydrogen) atoms. The molecule has 1 aromatic carbocycles. The van der Waals surface area contributed by atoms with Gasteiger partial charge in [0.2, 0.25) is 0 Å². The van der Waals surface area contributed by atoms with Crippen molar-refractivity contribution < 1.29 is 13.2 Å². The third-order valence-corrected chi connectivity index (χ3v) is 2.35. The number of hydrogen-bond acceptors (Lipinski definition) is 1. The normalized spacial score (nSPS) is 11.5. The average Bonchev–Trinajstić information content (AvgIpc) is 2.29. The van der Waals surface area contributed by atoms with Gasteiger partial charge in [0.15, 0.2) is 5.43 Å². The second kappa shape index (κ2) is 4.08. The Hall–Kier alpha value is -2.04. The van der Waals surface area contributed by atoms with Crippen LogP contribution in [0.15, 0.2) is 47.5 Å². The van der Waals surface area contributed by atoms with Gasteiger partial charge in [-0.05, 0) is 17.7 Å². The van der Waals surface area contributed by atoms with E-state index in [1.54, 1.807) is 0 Å². The molecule has 0 aliphatic heterocycles. The molecule has 1 aromatic heterocycles. The van der Waals surface area contributed by atoms with Gasteiger partial charge in [-0.3, -0.25) is 4.79 Å². The van der Waals surface area contributed by atoms with Crippen molar-refractivity contribution in [2.24, 2.45) is 0 Å². The fourth-order valence-corrected chi connectivity index (χ4v) is 1.48. The van der Waals surface area contributed by atoms with Crippen LogP contribution in [0.5, 0.6) is 0 Å². The number of H-pyrrole nitrogens is 1. The maximum atomic E-state index is 12.3. The fourth-order valence-electron chi connectivity index (χ4n) is 1.48. The van der Waals surface area contributed by atoms with Gasteiger partial charge in [0.25, 0.3) is 0 Å². The van der Waals surface area contributed by atoms with Crippen LogP contribution in [0.4, 0.5) is 13.2 Å². The molecule has 0 amide bonds. The zero-order chi connectivity index (χ0) is 12.5. The Morgan fingerprint density at radius 2 is 1.65 bits per heavy atom. The van der Waals surface area contributed by atoms with Crippen molar-refractivity contribution in [3.05, 3.63) is 58.5 Å². The molecule has 0 spiro atoms. The van der Waals surface area contributed by atoms with E-state index in [-0.39, 0.29) is 5.43 Å². The number of aromatic amines is 1. The molecule has 2 nitrogen and oxygen atoms in total. The van der Waals surface area contributed by atoms with Crippen LogP contribution in [-0.4, -0.2) is 4.98 Å². The van der Waals surface area contributed by atoms with Gasteiger partial charge >= 0.3 is 6.18 Å². The van der Waals surface area contributed by atoms with Crippen molar-refractivity contribution in [3.63, 3.8) is 0 Å². The summed E-state index contributed by atoms with van der Waals surface area (Å²) < 4.78 is 37.0. The first-order valence-electron chi connectivity index (χ1n) is 4.83. The number of halogens is 3. The molecular weight excluding hydrogens is 231 g/mol. The van der Waals surface area contributed by atoms with E-state index in [2.05, 4.69) is 4.98 Å². The van der Waals surface area contributed by atoms with E-state index < -0.39 is 11.7 Å². The van der Waals surface area contributed by atoms with Crippen LogP contribution in [0, 0.1) is 0 Å². The van der Waals surface area contributed by atoms with E-state index in [4.69, 9.17) is 0 Å². The lowest BCUT2D eigenvalue weighted by Gasteiger charge is -2.07. The maximum Gasteiger partial charge on any atom is 0.416 e. The molecule has 2 aromatic rings. The first-order valence-corrected chi connectivity index (χ1v) is 4.83. The minimum atomic E-state index is -4.36. The van der Waals surface area contributed by atoms with Crippen LogP contribution in [-0.2, 0) is 6.18 Å². The minimum Gasteiger partial charge on any atom is -0.367 e. The van der Waals surface area contributed by atoms with Crippen molar-refractivity contribution in [2.45, 2.75) is 6.18 Å². The van der Waals surface area contributed by atoms with Gasteiger partial charge < -0.3 is 4.98 Å². The van der Waals surface area contributed by atoms with E-state index in [0.717, 1.165) is 12.1 Å². The summed E-state index contributed by atoms with van der Waals surface area (Å²) in [5.74, 6) is 0. The topological polar surface area (TPSA) is 32.9 Å².